The molecule has 2 atom stereocenters. The van der Waals surface area contributed by atoms with Gasteiger partial charge in [0.1, 0.15) is 0 Å². The van der Waals surface area contributed by atoms with Crippen LogP contribution in [0, 0.1) is 11.8 Å². The third-order valence-electron chi connectivity index (χ3n) is 2.74. The Morgan fingerprint density at radius 2 is 2.07 bits per heavy atom. The van der Waals surface area contributed by atoms with Crippen LogP contribution in [0.1, 0.15) is 33.1 Å². The van der Waals surface area contributed by atoms with E-state index in [0.29, 0.717) is 5.92 Å². The topological polar surface area (TPSA) is 46.2 Å². The standard InChI is InChI=1S/C10H20BrNO2S/c1-8(2)7-15(13,14)12-10-5-3-4-9(10)6-11/h8-10,12H,3-7H2,1-2H3. The Bertz CT molecular complexity index is 290. The number of halogens is 1. The van der Waals surface area contributed by atoms with Gasteiger partial charge in [-0.1, -0.05) is 36.2 Å². The van der Waals surface area contributed by atoms with Gasteiger partial charge in [0.25, 0.3) is 0 Å². The third kappa shape index (κ3) is 4.41. The van der Waals surface area contributed by atoms with Gasteiger partial charge in [-0.25, -0.2) is 13.1 Å². The van der Waals surface area contributed by atoms with Crippen LogP contribution in [0.4, 0.5) is 0 Å². The van der Waals surface area contributed by atoms with E-state index in [9.17, 15) is 8.42 Å². The summed E-state index contributed by atoms with van der Waals surface area (Å²) in [6, 6.07) is 0.146. The fraction of sp³-hybridized carbons (Fsp3) is 1.00. The number of nitrogens with one attached hydrogen (secondary N) is 1. The summed E-state index contributed by atoms with van der Waals surface area (Å²) in [5.74, 6) is 0.886. The minimum absolute atomic E-state index is 0.146. The molecule has 0 aromatic rings. The first-order chi connectivity index (χ1) is 6.94. The molecule has 0 bridgehead atoms. The van der Waals surface area contributed by atoms with Crippen molar-refractivity contribution < 1.29 is 8.42 Å². The lowest BCUT2D eigenvalue weighted by atomic mass is 10.1. The van der Waals surface area contributed by atoms with E-state index in [2.05, 4.69) is 20.7 Å². The molecule has 0 aromatic carbocycles. The minimum atomic E-state index is -3.08. The monoisotopic (exact) mass is 297 g/mol. The van der Waals surface area contributed by atoms with Crippen LogP contribution in [0.15, 0.2) is 0 Å². The molecule has 1 fully saturated rings. The highest BCUT2D eigenvalue weighted by Crippen LogP contribution is 2.27. The van der Waals surface area contributed by atoms with Crippen LogP contribution < -0.4 is 4.72 Å². The normalized spacial score (nSPS) is 27.5. The Morgan fingerprint density at radius 1 is 1.40 bits per heavy atom. The summed E-state index contributed by atoms with van der Waals surface area (Å²) >= 11 is 3.44. The first-order valence-electron chi connectivity index (χ1n) is 5.50. The van der Waals surface area contributed by atoms with Crippen molar-refractivity contribution in [3.63, 3.8) is 0 Å². The SMILES string of the molecule is CC(C)CS(=O)(=O)NC1CCCC1CBr. The van der Waals surface area contributed by atoms with Gasteiger partial charge in [-0.2, -0.15) is 0 Å². The average molecular weight is 298 g/mol. The lowest BCUT2D eigenvalue weighted by Crippen LogP contribution is -2.40. The molecule has 1 saturated carbocycles. The lowest BCUT2D eigenvalue weighted by molar-refractivity contribution is 0.481. The quantitative estimate of drug-likeness (QED) is 0.790. The fourth-order valence-electron chi connectivity index (χ4n) is 2.09. The maximum Gasteiger partial charge on any atom is 0.212 e. The van der Waals surface area contributed by atoms with Crippen molar-refractivity contribution >= 4 is 26.0 Å². The largest absolute Gasteiger partial charge is 0.212 e. The summed E-state index contributed by atoms with van der Waals surface area (Å²) in [5, 5.41) is 0.891. The van der Waals surface area contributed by atoms with Crippen molar-refractivity contribution in [2.75, 3.05) is 11.1 Å². The molecule has 2 unspecified atom stereocenters. The Labute approximate surface area is 101 Å². The van der Waals surface area contributed by atoms with Crippen LogP contribution >= 0.6 is 15.9 Å². The summed E-state index contributed by atoms with van der Waals surface area (Å²) in [4.78, 5) is 0. The highest BCUT2D eigenvalue weighted by Gasteiger charge is 2.29. The van der Waals surface area contributed by atoms with Gasteiger partial charge in [0, 0.05) is 11.4 Å². The molecule has 0 amide bonds. The molecule has 0 saturated heterocycles. The minimum Gasteiger partial charge on any atom is -0.212 e. The van der Waals surface area contributed by atoms with E-state index in [4.69, 9.17) is 0 Å². The number of hydrogen-bond donors (Lipinski definition) is 1. The van der Waals surface area contributed by atoms with Gasteiger partial charge in [0.2, 0.25) is 10.0 Å². The van der Waals surface area contributed by atoms with E-state index in [0.717, 1.165) is 24.6 Å². The van der Waals surface area contributed by atoms with E-state index in [1.807, 2.05) is 13.8 Å². The maximum absolute atomic E-state index is 11.7. The summed E-state index contributed by atoms with van der Waals surface area (Å²) < 4.78 is 26.3. The Balaban J connectivity index is 2.53. The molecule has 0 aliphatic heterocycles. The van der Waals surface area contributed by atoms with Crippen LogP contribution in [-0.4, -0.2) is 25.5 Å². The average Bonchev–Trinajstić information content (AvgIpc) is 2.48. The number of sulfonamides is 1. The molecule has 3 nitrogen and oxygen atoms in total. The van der Waals surface area contributed by atoms with Crippen molar-refractivity contribution in [2.45, 2.75) is 39.2 Å². The van der Waals surface area contributed by atoms with Crippen LogP contribution in [0.25, 0.3) is 0 Å². The van der Waals surface area contributed by atoms with Crippen LogP contribution in [0.5, 0.6) is 0 Å². The second-order valence-electron chi connectivity index (χ2n) is 4.74. The summed E-state index contributed by atoms with van der Waals surface area (Å²) in [6.07, 6.45) is 3.23. The number of alkyl halides is 1. The molecule has 1 N–H and O–H groups in total. The van der Waals surface area contributed by atoms with Crippen molar-refractivity contribution in [2.24, 2.45) is 11.8 Å². The van der Waals surface area contributed by atoms with E-state index in [1.165, 1.54) is 0 Å². The predicted molar refractivity (Wildman–Crippen MR) is 66.7 cm³/mol. The molecule has 15 heavy (non-hydrogen) atoms. The molecule has 0 radical (unpaired) electrons. The first-order valence-corrected chi connectivity index (χ1v) is 8.28. The molecule has 90 valence electrons. The maximum atomic E-state index is 11.7. The van der Waals surface area contributed by atoms with E-state index < -0.39 is 10.0 Å². The van der Waals surface area contributed by atoms with Crippen molar-refractivity contribution in [1.29, 1.82) is 0 Å². The van der Waals surface area contributed by atoms with E-state index in [-0.39, 0.29) is 17.7 Å². The van der Waals surface area contributed by atoms with Crippen LogP contribution in [0.3, 0.4) is 0 Å². The van der Waals surface area contributed by atoms with Crippen molar-refractivity contribution in [1.82, 2.24) is 4.72 Å². The molecule has 0 spiro atoms. The molecule has 0 heterocycles. The first kappa shape index (κ1) is 13.5. The smallest absolute Gasteiger partial charge is 0.212 e. The van der Waals surface area contributed by atoms with Gasteiger partial charge >= 0.3 is 0 Å². The lowest BCUT2D eigenvalue weighted by Gasteiger charge is -2.19. The van der Waals surface area contributed by atoms with Gasteiger partial charge in [-0.05, 0) is 24.7 Å². The van der Waals surface area contributed by atoms with Crippen molar-refractivity contribution in [3.05, 3.63) is 0 Å². The molecule has 5 heteroatoms. The van der Waals surface area contributed by atoms with E-state index >= 15 is 0 Å². The van der Waals surface area contributed by atoms with Gasteiger partial charge in [-0.3, -0.25) is 0 Å². The fourth-order valence-corrected chi connectivity index (χ4v) is 4.61. The summed E-state index contributed by atoms with van der Waals surface area (Å²) in [6.45, 7) is 3.85. The van der Waals surface area contributed by atoms with E-state index in [1.54, 1.807) is 0 Å². The molecular weight excluding hydrogens is 278 g/mol. The molecule has 1 aliphatic carbocycles. The molecular formula is C10H20BrNO2S. The second-order valence-corrected chi connectivity index (χ2v) is 7.19. The zero-order chi connectivity index (χ0) is 11.5. The molecule has 1 rings (SSSR count). The van der Waals surface area contributed by atoms with Gasteiger partial charge in [0.05, 0.1) is 5.75 Å². The van der Waals surface area contributed by atoms with Gasteiger partial charge < -0.3 is 0 Å². The number of rotatable bonds is 5. The summed E-state index contributed by atoms with van der Waals surface area (Å²) in [7, 11) is -3.08. The summed E-state index contributed by atoms with van der Waals surface area (Å²) in [5.41, 5.74) is 0. The van der Waals surface area contributed by atoms with Gasteiger partial charge in [0.15, 0.2) is 0 Å². The number of hydrogen-bond acceptors (Lipinski definition) is 2. The zero-order valence-electron chi connectivity index (χ0n) is 9.37. The third-order valence-corrected chi connectivity index (χ3v) is 5.34. The molecule has 1 aliphatic rings. The molecule has 0 aromatic heterocycles. The van der Waals surface area contributed by atoms with Crippen LogP contribution in [0.2, 0.25) is 0 Å². The second kappa shape index (κ2) is 5.64. The Morgan fingerprint density at radius 3 is 2.60 bits per heavy atom. The highest BCUT2D eigenvalue weighted by atomic mass is 79.9. The predicted octanol–water partition coefficient (Wildman–Crippen LogP) is 2.13. The van der Waals surface area contributed by atoms with Crippen molar-refractivity contribution in [3.8, 4) is 0 Å². The Hall–Kier alpha value is 0.390. The highest BCUT2D eigenvalue weighted by molar-refractivity contribution is 9.09. The van der Waals surface area contributed by atoms with Crippen LogP contribution in [-0.2, 0) is 10.0 Å². The van der Waals surface area contributed by atoms with Gasteiger partial charge in [-0.15, -0.1) is 0 Å². The Kier molecular flexibility index (Phi) is 5.06. The zero-order valence-corrected chi connectivity index (χ0v) is 11.8.